The van der Waals surface area contributed by atoms with Crippen molar-refractivity contribution in [3.05, 3.63) is 53.0 Å². The smallest absolute Gasteiger partial charge is 0.337 e. The number of aromatic carboxylic acids is 1. The van der Waals surface area contributed by atoms with Crippen LogP contribution in [-0.2, 0) is 12.8 Å². The Bertz CT molecular complexity index is 1120. The number of H-pyrrole nitrogens is 1. The first-order valence-corrected chi connectivity index (χ1v) is 10.3. The molecule has 1 unspecified atom stereocenters. The number of pyridine rings is 2. The number of hydrogen-bond donors (Lipinski definition) is 3. The molecular weight excluding hydrogens is 380 g/mol. The third-order valence-electron chi connectivity index (χ3n) is 6.48. The second-order valence-corrected chi connectivity index (χ2v) is 8.11. The maximum atomic E-state index is 12.1. The lowest BCUT2D eigenvalue weighted by Gasteiger charge is -2.31. The van der Waals surface area contributed by atoms with Crippen LogP contribution >= 0.6 is 0 Å². The molecule has 7 nitrogen and oxygen atoms in total. The number of fused-ring (bicyclic) bond motifs is 3. The van der Waals surface area contributed by atoms with Crippen molar-refractivity contribution in [2.24, 2.45) is 11.7 Å². The second-order valence-electron chi connectivity index (χ2n) is 8.11. The number of aromatic amines is 1. The highest BCUT2D eigenvalue weighted by Gasteiger charge is 2.34. The van der Waals surface area contributed by atoms with E-state index in [0.29, 0.717) is 29.5 Å². The molecule has 3 aromatic rings. The first-order valence-electron chi connectivity index (χ1n) is 10.3. The zero-order valence-corrected chi connectivity index (χ0v) is 16.8. The second kappa shape index (κ2) is 7.25. The number of nitrogens with two attached hydrogens (primary N) is 1. The van der Waals surface area contributed by atoms with Gasteiger partial charge in [0.1, 0.15) is 0 Å². The molecule has 1 fully saturated rings. The van der Waals surface area contributed by atoms with Gasteiger partial charge in [0.15, 0.2) is 0 Å². The van der Waals surface area contributed by atoms with Crippen LogP contribution in [0.15, 0.2) is 30.6 Å². The summed E-state index contributed by atoms with van der Waals surface area (Å²) in [6, 6.07) is 5.46. The maximum Gasteiger partial charge on any atom is 0.337 e. The van der Waals surface area contributed by atoms with E-state index in [2.05, 4.69) is 15.0 Å². The Kier molecular flexibility index (Phi) is 4.55. The Labute approximate surface area is 174 Å². The molecule has 3 heterocycles. The van der Waals surface area contributed by atoms with Gasteiger partial charge in [0, 0.05) is 41.3 Å². The number of hydrogen-bond acceptors (Lipinski definition) is 5. The van der Waals surface area contributed by atoms with Crippen LogP contribution < -0.4 is 10.5 Å². The average Bonchev–Trinajstić information content (AvgIpc) is 3.12. The predicted octanol–water partition coefficient (Wildman–Crippen LogP) is 3.74. The van der Waals surface area contributed by atoms with Gasteiger partial charge in [0.2, 0.25) is 5.88 Å². The summed E-state index contributed by atoms with van der Waals surface area (Å²) in [5.74, 6) is -0.0144. The number of nitrogens with zero attached hydrogens (tertiary/aromatic N) is 2. The highest BCUT2D eigenvalue weighted by Crippen LogP contribution is 2.42. The molecule has 0 aromatic carbocycles. The molecule has 4 N–H and O–H groups in total. The fourth-order valence-corrected chi connectivity index (χ4v) is 4.55. The van der Waals surface area contributed by atoms with Crippen LogP contribution in [0.2, 0.25) is 0 Å². The highest BCUT2D eigenvalue weighted by atomic mass is 16.5. The minimum atomic E-state index is -0.908. The number of carbonyl (C=O) groups is 1. The number of nitrogens with one attached hydrogen (secondary N) is 1. The fraction of sp³-hybridized carbons (Fsp3) is 0.348. The van der Waals surface area contributed by atoms with Gasteiger partial charge >= 0.3 is 5.97 Å². The van der Waals surface area contributed by atoms with Crippen molar-refractivity contribution < 1.29 is 14.6 Å². The third kappa shape index (κ3) is 2.97. The van der Waals surface area contributed by atoms with Crippen molar-refractivity contribution in [1.82, 2.24) is 15.0 Å². The lowest BCUT2D eigenvalue weighted by atomic mass is 9.78. The molecule has 1 saturated carbocycles. The Morgan fingerprint density at radius 2 is 2.10 bits per heavy atom. The Morgan fingerprint density at radius 1 is 1.27 bits per heavy atom. The van der Waals surface area contributed by atoms with E-state index in [0.717, 1.165) is 59.3 Å². The molecule has 0 amide bonds. The summed E-state index contributed by atoms with van der Waals surface area (Å²) in [4.78, 5) is 24.4. The van der Waals surface area contributed by atoms with E-state index in [1.54, 1.807) is 19.4 Å². The molecule has 0 aliphatic heterocycles. The van der Waals surface area contributed by atoms with E-state index in [4.69, 9.17) is 10.5 Å². The lowest BCUT2D eigenvalue weighted by Crippen LogP contribution is -2.28. The van der Waals surface area contributed by atoms with E-state index >= 15 is 0 Å². The molecule has 0 saturated heterocycles. The van der Waals surface area contributed by atoms with E-state index in [1.807, 2.05) is 18.3 Å². The van der Waals surface area contributed by atoms with Gasteiger partial charge in [-0.05, 0) is 54.9 Å². The molecule has 3 aromatic heterocycles. The zero-order chi connectivity index (χ0) is 20.8. The molecule has 0 spiro atoms. The summed E-state index contributed by atoms with van der Waals surface area (Å²) in [6.07, 6.45) is 8.31. The summed E-state index contributed by atoms with van der Waals surface area (Å²) in [6.45, 7) is 0. The molecule has 2 aliphatic carbocycles. The molecule has 0 radical (unpaired) electrons. The summed E-state index contributed by atoms with van der Waals surface area (Å²) in [5.41, 5.74) is 13.0. The SMILES string of the molecule is COc1ccc(-c2cc3c(cn2)CCc2c-3[nH]c(C(N)C3CCC3)c2C(=O)O)cn1. The Hall–Kier alpha value is -3.19. The summed E-state index contributed by atoms with van der Waals surface area (Å²) < 4.78 is 5.13. The van der Waals surface area contributed by atoms with Crippen molar-refractivity contribution >= 4 is 5.97 Å². The fourth-order valence-electron chi connectivity index (χ4n) is 4.55. The molecule has 7 heteroatoms. The van der Waals surface area contributed by atoms with Crippen LogP contribution in [0.5, 0.6) is 5.88 Å². The molecule has 154 valence electrons. The van der Waals surface area contributed by atoms with Crippen molar-refractivity contribution in [2.75, 3.05) is 7.11 Å². The van der Waals surface area contributed by atoms with Gasteiger partial charge in [-0.3, -0.25) is 4.98 Å². The molecule has 5 rings (SSSR count). The largest absolute Gasteiger partial charge is 0.481 e. The summed E-state index contributed by atoms with van der Waals surface area (Å²) >= 11 is 0. The summed E-state index contributed by atoms with van der Waals surface area (Å²) in [7, 11) is 1.58. The predicted molar refractivity (Wildman–Crippen MR) is 112 cm³/mol. The number of aromatic nitrogens is 3. The number of ether oxygens (including phenoxy) is 1. The Balaban J connectivity index is 1.61. The van der Waals surface area contributed by atoms with Crippen molar-refractivity contribution in [3.63, 3.8) is 0 Å². The van der Waals surface area contributed by atoms with E-state index in [9.17, 15) is 9.90 Å². The van der Waals surface area contributed by atoms with E-state index in [-0.39, 0.29) is 6.04 Å². The number of carboxylic acids is 1. The zero-order valence-electron chi connectivity index (χ0n) is 16.8. The molecule has 2 aliphatic rings. The van der Waals surface area contributed by atoms with Crippen LogP contribution in [0.3, 0.4) is 0 Å². The summed E-state index contributed by atoms with van der Waals surface area (Å²) in [5, 5.41) is 9.95. The van der Waals surface area contributed by atoms with Gasteiger partial charge < -0.3 is 20.6 Å². The molecule has 1 atom stereocenters. The maximum absolute atomic E-state index is 12.1. The van der Waals surface area contributed by atoms with Gasteiger partial charge in [0.05, 0.1) is 24.1 Å². The molecule has 30 heavy (non-hydrogen) atoms. The normalized spacial score (nSPS) is 16.3. The van der Waals surface area contributed by atoms with Crippen molar-refractivity contribution in [1.29, 1.82) is 0 Å². The van der Waals surface area contributed by atoms with Crippen LogP contribution in [0.4, 0.5) is 0 Å². The van der Waals surface area contributed by atoms with Crippen LogP contribution in [0.25, 0.3) is 22.5 Å². The van der Waals surface area contributed by atoms with Gasteiger partial charge in [-0.2, -0.15) is 0 Å². The average molecular weight is 404 g/mol. The topological polar surface area (TPSA) is 114 Å². The van der Waals surface area contributed by atoms with Gasteiger partial charge in [0.25, 0.3) is 0 Å². The molecular formula is C23H24N4O3. The lowest BCUT2D eigenvalue weighted by molar-refractivity contribution is 0.0693. The minimum absolute atomic E-state index is 0.272. The quantitative estimate of drug-likeness (QED) is 0.597. The first kappa shape index (κ1) is 18.8. The number of methoxy groups -OCH3 is 1. The highest BCUT2D eigenvalue weighted by molar-refractivity contribution is 5.95. The van der Waals surface area contributed by atoms with Gasteiger partial charge in [-0.1, -0.05) is 6.42 Å². The number of carboxylic acid groups (broad SMARTS) is 1. The van der Waals surface area contributed by atoms with Crippen molar-refractivity contribution in [3.8, 4) is 28.4 Å². The van der Waals surface area contributed by atoms with Gasteiger partial charge in [-0.25, -0.2) is 9.78 Å². The number of aryl methyl sites for hydroxylation is 1. The van der Waals surface area contributed by atoms with E-state index in [1.165, 1.54) is 0 Å². The number of rotatable bonds is 5. The molecule has 0 bridgehead atoms. The van der Waals surface area contributed by atoms with Gasteiger partial charge in [-0.15, -0.1) is 0 Å². The van der Waals surface area contributed by atoms with Crippen molar-refractivity contribution in [2.45, 2.75) is 38.1 Å². The van der Waals surface area contributed by atoms with Crippen LogP contribution in [-0.4, -0.2) is 33.1 Å². The van der Waals surface area contributed by atoms with Crippen LogP contribution in [0, 0.1) is 5.92 Å². The first-order chi connectivity index (χ1) is 14.6. The van der Waals surface area contributed by atoms with Crippen LogP contribution in [0.1, 0.15) is 52.5 Å². The monoisotopic (exact) mass is 404 g/mol. The Morgan fingerprint density at radius 3 is 2.73 bits per heavy atom. The standard InChI is InChI=1S/C23H24N4O3/c1-30-18-8-6-14(11-26-18)17-9-16-13(10-25-17)5-7-15-19(23(28)29)22(27-21(15)16)20(24)12-3-2-4-12/h6,8-12,20,27H,2-5,7,24H2,1H3,(H,28,29). The minimum Gasteiger partial charge on any atom is -0.481 e. The van der Waals surface area contributed by atoms with E-state index < -0.39 is 5.97 Å². The third-order valence-corrected chi connectivity index (χ3v) is 6.48.